The lowest BCUT2D eigenvalue weighted by atomic mass is 10.2. The van der Waals surface area contributed by atoms with Gasteiger partial charge in [0.25, 0.3) is 0 Å². The van der Waals surface area contributed by atoms with Crippen LogP contribution in [0.3, 0.4) is 0 Å². The Hall–Kier alpha value is -3.07. The average molecular weight is 508 g/mol. The summed E-state index contributed by atoms with van der Waals surface area (Å²) in [5.41, 5.74) is 4.90. The Morgan fingerprint density at radius 1 is 0.943 bits per heavy atom. The summed E-state index contributed by atoms with van der Waals surface area (Å²) in [6, 6.07) is 18.3. The van der Waals surface area contributed by atoms with E-state index in [4.69, 9.17) is 28.8 Å². The molecule has 2 aromatic carbocycles. The first-order valence-electron chi connectivity index (χ1n) is 11.6. The first-order valence-corrected chi connectivity index (χ1v) is 12.4. The van der Waals surface area contributed by atoms with Crippen molar-refractivity contribution < 1.29 is 0 Å². The fourth-order valence-corrected chi connectivity index (χ4v) is 4.46. The molecule has 1 saturated heterocycles. The van der Waals surface area contributed by atoms with Crippen molar-refractivity contribution in [3.63, 3.8) is 0 Å². The lowest BCUT2D eigenvalue weighted by Crippen LogP contribution is -2.50. The number of rotatable bonds is 4. The number of halogens is 1. The van der Waals surface area contributed by atoms with Crippen LogP contribution in [-0.2, 0) is 6.54 Å². The lowest BCUT2D eigenvalue weighted by molar-refractivity contribution is 0.175. The van der Waals surface area contributed by atoms with E-state index in [1.807, 2.05) is 51.1 Å². The van der Waals surface area contributed by atoms with Crippen LogP contribution in [0, 0.1) is 20.8 Å². The first-order chi connectivity index (χ1) is 16.9. The quantitative estimate of drug-likeness (QED) is 0.291. The molecule has 1 aromatic heterocycles. The molecule has 0 radical (unpaired) electrons. The van der Waals surface area contributed by atoms with Gasteiger partial charge in [-0.3, -0.25) is 10.2 Å². The summed E-state index contributed by atoms with van der Waals surface area (Å²) in [5, 5.41) is 7.38. The summed E-state index contributed by atoms with van der Waals surface area (Å²) < 4.78 is 0. The number of aliphatic imine (C=N–C) groups is 1. The predicted molar refractivity (Wildman–Crippen MR) is 148 cm³/mol. The average Bonchev–Trinajstić information content (AvgIpc) is 2.81. The maximum absolute atomic E-state index is 6.38. The Labute approximate surface area is 217 Å². The number of aryl methyl sites for hydroxylation is 3. The van der Waals surface area contributed by atoms with Crippen LogP contribution < -0.4 is 10.6 Å². The van der Waals surface area contributed by atoms with Gasteiger partial charge in [0.15, 0.2) is 0 Å². The number of aromatic nitrogens is 2. The van der Waals surface area contributed by atoms with E-state index in [0.29, 0.717) is 22.0 Å². The maximum Gasteiger partial charge on any atom is 0.229 e. The van der Waals surface area contributed by atoms with Crippen molar-refractivity contribution in [2.24, 2.45) is 4.99 Å². The summed E-state index contributed by atoms with van der Waals surface area (Å²) in [5.74, 6) is 1.12. The number of hydrogen-bond donors (Lipinski definition) is 2. The topological polar surface area (TPSA) is 68.7 Å². The molecule has 0 aliphatic carbocycles. The van der Waals surface area contributed by atoms with Crippen LogP contribution >= 0.6 is 23.8 Å². The van der Waals surface area contributed by atoms with E-state index in [1.165, 1.54) is 5.56 Å². The molecule has 0 atom stereocenters. The largest absolute Gasteiger partial charge is 0.340 e. The molecule has 1 aliphatic heterocycles. The molecule has 1 aliphatic rings. The van der Waals surface area contributed by atoms with Crippen LogP contribution in [0.25, 0.3) is 0 Å². The Morgan fingerprint density at radius 2 is 1.63 bits per heavy atom. The fraction of sp³-hybridized carbons (Fsp3) is 0.308. The number of piperazine rings is 1. The summed E-state index contributed by atoms with van der Waals surface area (Å²) in [6.07, 6.45) is 0. The molecule has 2 heterocycles. The molecular weight excluding hydrogens is 478 g/mol. The fourth-order valence-electron chi connectivity index (χ4n) is 3.98. The number of benzene rings is 2. The predicted octanol–water partition coefficient (Wildman–Crippen LogP) is 5.04. The van der Waals surface area contributed by atoms with Gasteiger partial charge in [-0.05, 0) is 62.3 Å². The Kier molecular flexibility index (Phi) is 8.28. The highest BCUT2D eigenvalue weighted by Crippen LogP contribution is 2.23. The molecule has 1 fully saturated rings. The van der Waals surface area contributed by atoms with Gasteiger partial charge in [0.05, 0.1) is 10.7 Å². The lowest BCUT2D eigenvalue weighted by Gasteiger charge is -2.36. The van der Waals surface area contributed by atoms with Crippen molar-refractivity contribution >= 4 is 46.5 Å². The van der Waals surface area contributed by atoms with Gasteiger partial charge in [-0.15, -0.1) is 0 Å². The molecular formula is C26H30ClN7S. The van der Waals surface area contributed by atoms with E-state index in [0.717, 1.165) is 55.4 Å². The van der Waals surface area contributed by atoms with Gasteiger partial charge in [0.1, 0.15) is 0 Å². The third-order valence-corrected chi connectivity index (χ3v) is 6.21. The maximum atomic E-state index is 6.38. The number of nitrogens with one attached hydrogen (secondary N) is 2. The molecule has 0 saturated carbocycles. The summed E-state index contributed by atoms with van der Waals surface area (Å²) in [6.45, 7) is 10.3. The molecule has 3 aromatic rings. The minimum atomic E-state index is 0.314. The molecule has 0 amide bonds. The Bertz CT molecular complexity index is 1190. The number of thiocarbonyl (C=S) groups is 1. The monoisotopic (exact) mass is 507 g/mol. The van der Waals surface area contributed by atoms with Crippen molar-refractivity contribution in [3.8, 4) is 0 Å². The highest BCUT2D eigenvalue weighted by atomic mass is 35.5. The van der Waals surface area contributed by atoms with Crippen molar-refractivity contribution in [2.45, 2.75) is 27.3 Å². The van der Waals surface area contributed by atoms with E-state index >= 15 is 0 Å². The third kappa shape index (κ3) is 7.21. The second kappa shape index (κ2) is 11.6. The zero-order valence-electron chi connectivity index (χ0n) is 20.3. The third-order valence-electron chi connectivity index (χ3n) is 5.70. The second-order valence-corrected chi connectivity index (χ2v) is 9.49. The van der Waals surface area contributed by atoms with Gasteiger partial charge in [-0.25, -0.2) is 9.97 Å². The van der Waals surface area contributed by atoms with Crippen LogP contribution in [0.15, 0.2) is 59.6 Å². The van der Waals surface area contributed by atoms with Gasteiger partial charge in [-0.2, -0.15) is 4.99 Å². The van der Waals surface area contributed by atoms with Gasteiger partial charge >= 0.3 is 0 Å². The van der Waals surface area contributed by atoms with Crippen molar-refractivity contribution in [1.82, 2.24) is 19.8 Å². The highest BCUT2D eigenvalue weighted by Gasteiger charge is 2.21. The standard InChI is InChI=1S/C26H30ClN7S/c1-18-9-10-23(22(27)15-18)30-26(35)32-25(31-24-28-19(2)16-20(3)29-24)34-13-11-33(12-14-34)17-21-7-5-4-6-8-21/h4-10,15-16H,11-14,17H2,1-3H3,(H2,28,29,30,31,32,35). The van der Waals surface area contributed by atoms with Crippen LogP contribution in [0.5, 0.6) is 0 Å². The van der Waals surface area contributed by atoms with Gasteiger partial charge in [0, 0.05) is 44.1 Å². The molecule has 7 nitrogen and oxygen atoms in total. The number of guanidine groups is 1. The minimum Gasteiger partial charge on any atom is -0.340 e. The number of hydrogen-bond acceptors (Lipinski definition) is 4. The SMILES string of the molecule is Cc1ccc(NC(=S)/N=C(/Nc2nc(C)cc(C)n2)N2CCN(Cc3ccccc3)CC2)c(Cl)c1. The molecule has 2 N–H and O–H groups in total. The van der Waals surface area contributed by atoms with Gasteiger partial charge < -0.3 is 10.2 Å². The Balaban J connectivity index is 1.50. The van der Waals surface area contributed by atoms with Crippen LogP contribution in [0.4, 0.5) is 11.6 Å². The molecule has 35 heavy (non-hydrogen) atoms. The summed E-state index contributed by atoms with van der Waals surface area (Å²) >= 11 is 12.0. The summed E-state index contributed by atoms with van der Waals surface area (Å²) in [7, 11) is 0. The van der Waals surface area contributed by atoms with E-state index in [9.17, 15) is 0 Å². The molecule has 0 bridgehead atoms. The second-order valence-electron chi connectivity index (χ2n) is 8.70. The highest BCUT2D eigenvalue weighted by molar-refractivity contribution is 7.80. The molecule has 4 rings (SSSR count). The van der Waals surface area contributed by atoms with E-state index < -0.39 is 0 Å². The zero-order chi connectivity index (χ0) is 24.8. The van der Waals surface area contributed by atoms with Crippen LogP contribution in [-0.4, -0.2) is 57.0 Å². The Morgan fingerprint density at radius 3 is 2.29 bits per heavy atom. The van der Waals surface area contributed by atoms with E-state index in [1.54, 1.807) is 0 Å². The molecule has 182 valence electrons. The molecule has 0 spiro atoms. The van der Waals surface area contributed by atoms with Crippen molar-refractivity contribution in [3.05, 3.63) is 82.1 Å². The number of nitrogens with zero attached hydrogens (tertiary/aromatic N) is 5. The van der Waals surface area contributed by atoms with Crippen molar-refractivity contribution in [2.75, 3.05) is 36.8 Å². The van der Waals surface area contributed by atoms with E-state index in [-0.39, 0.29) is 0 Å². The minimum absolute atomic E-state index is 0.314. The molecule has 9 heteroatoms. The van der Waals surface area contributed by atoms with Crippen LogP contribution in [0.2, 0.25) is 5.02 Å². The van der Waals surface area contributed by atoms with E-state index in [2.05, 4.69) is 54.7 Å². The van der Waals surface area contributed by atoms with Gasteiger partial charge in [-0.1, -0.05) is 48.0 Å². The number of anilines is 2. The molecule has 0 unspecified atom stereocenters. The summed E-state index contributed by atoms with van der Waals surface area (Å²) in [4.78, 5) is 18.4. The smallest absolute Gasteiger partial charge is 0.229 e. The normalized spacial score (nSPS) is 14.6. The van der Waals surface area contributed by atoms with Crippen molar-refractivity contribution in [1.29, 1.82) is 0 Å². The zero-order valence-corrected chi connectivity index (χ0v) is 21.8. The van der Waals surface area contributed by atoms with Crippen LogP contribution in [0.1, 0.15) is 22.5 Å². The first kappa shape index (κ1) is 25.0. The van der Waals surface area contributed by atoms with Gasteiger partial charge in [0.2, 0.25) is 17.0 Å².